The van der Waals surface area contributed by atoms with Crippen molar-refractivity contribution < 1.29 is 33.4 Å². The van der Waals surface area contributed by atoms with Crippen LogP contribution in [-0.4, -0.2) is 138 Å². The Labute approximate surface area is 412 Å². The average molecular weight is 957 g/mol. The molecule has 0 saturated carbocycles. The Bertz CT molecular complexity index is 2650. The molecule has 2 aromatic heterocycles. The summed E-state index contributed by atoms with van der Waals surface area (Å²) in [5.74, 6) is -2.17. The molecule has 3 saturated heterocycles. The summed E-state index contributed by atoms with van der Waals surface area (Å²) in [6.07, 6.45) is 5.23. The number of hydrazine groups is 1. The van der Waals surface area contributed by atoms with Gasteiger partial charge in [-0.15, -0.1) is 0 Å². The number of cyclic esters (lactones) is 1. The van der Waals surface area contributed by atoms with Crippen LogP contribution < -0.4 is 10.7 Å². The number of nitrogens with zero attached hydrogens (tertiary/aromatic N) is 6. The predicted octanol–water partition coefficient (Wildman–Crippen LogP) is 6.29. The van der Waals surface area contributed by atoms with E-state index in [1.807, 2.05) is 39.1 Å². The van der Waals surface area contributed by atoms with E-state index in [1.165, 1.54) is 21.5 Å². The number of aryl methyl sites for hydroxylation is 1. The smallest absolute Gasteiger partial charge is 0.324 e. The SMILES string of the molecule is C=CC(=O)N1CC[C@H](C(=O)N(C)[C@H](C(=O)N[C@H]2Cc3cccc(c3)-c3ccc4c(c3)c(c(-c3cc(C5CN(C)C5)cnc3[C@H](C)OC)n4CC)CC(C)(C)COC(=O)[C@@H]3CCCN(N3)C2=O)C(C)C)C1. The molecule has 6 bridgehead atoms. The standard InChI is InChI=1S/C55H72N8O7/c1-11-47(64)61-22-20-38(31-61)52(66)60(9)49(33(3)4)51(65)57-45-24-35-15-13-16-36(23-35)37-18-19-46-41(25-37)43(27-55(6,7)32-70-54(68)44-17-14-21-63(58-44)53(45)67)50(62(46)12-2)42-26-39(40-29-59(8)30-40)28-56-48(42)34(5)69-10/h11,13,15-16,18-19,23,25-26,28,33-34,38,40,44-45,49,58H,1,12,14,17,20-22,24,27,29-32H2,2-10H3,(H,57,65)/t34-,38-,44-,45-,49-/m0/s1. The Balaban J connectivity index is 1.20. The lowest BCUT2D eigenvalue weighted by atomic mass is 9.83. The highest BCUT2D eigenvalue weighted by Crippen LogP contribution is 2.43. The van der Waals surface area contributed by atoms with E-state index in [0.717, 1.165) is 63.2 Å². The summed E-state index contributed by atoms with van der Waals surface area (Å²) in [6.45, 7) is 19.6. The molecule has 0 unspecified atom stereocenters. The van der Waals surface area contributed by atoms with Crippen LogP contribution in [0.4, 0.5) is 0 Å². The second kappa shape index (κ2) is 20.8. The van der Waals surface area contributed by atoms with E-state index in [4.69, 9.17) is 14.5 Å². The monoisotopic (exact) mass is 957 g/mol. The lowest BCUT2D eigenvalue weighted by molar-refractivity contribution is -0.155. The Morgan fingerprint density at radius 1 is 1.04 bits per heavy atom. The fourth-order valence-electron chi connectivity index (χ4n) is 11.1. The number of amides is 4. The van der Waals surface area contributed by atoms with Crippen molar-refractivity contribution >= 4 is 40.5 Å². The Morgan fingerprint density at radius 3 is 2.50 bits per heavy atom. The van der Waals surface area contributed by atoms with E-state index in [1.54, 1.807) is 19.1 Å². The Morgan fingerprint density at radius 2 is 1.80 bits per heavy atom. The van der Waals surface area contributed by atoms with E-state index in [-0.39, 0.29) is 43.4 Å². The number of hydrogen-bond donors (Lipinski definition) is 2. The van der Waals surface area contributed by atoms with Gasteiger partial charge < -0.3 is 34.1 Å². The molecule has 4 amide bonds. The fraction of sp³-hybridized carbons (Fsp3) is 0.527. The number of hydrogen-bond acceptors (Lipinski definition) is 10. The third kappa shape index (κ3) is 10.3. The molecule has 4 aliphatic heterocycles. The first kappa shape index (κ1) is 50.5. The molecule has 0 spiro atoms. The number of likely N-dealkylation sites (N-methyl/N-ethyl adjacent to an activating group) is 2. The molecule has 15 heteroatoms. The zero-order valence-electron chi connectivity index (χ0n) is 42.5. The van der Waals surface area contributed by atoms with Crippen LogP contribution in [0.3, 0.4) is 0 Å². The van der Waals surface area contributed by atoms with Crippen molar-refractivity contribution in [2.75, 3.05) is 60.5 Å². The van der Waals surface area contributed by atoms with Crippen LogP contribution in [-0.2, 0) is 52.8 Å². The number of benzene rings is 2. The van der Waals surface area contributed by atoms with Crippen molar-refractivity contribution in [1.29, 1.82) is 0 Å². The fourth-order valence-corrected chi connectivity index (χ4v) is 11.1. The van der Waals surface area contributed by atoms with Crippen LogP contribution in [0.5, 0.6) is 0 Å². The normalized spacial score (nSPS) is 22.0. The van der Waals surface area contributed by atoms with Crippen LogP contribution in [0, 0.1) is 17.3 Å². The van der Waals surface area contributed by atoms with Gasteiger partial charge in [-0.05, 0) is 105 Å². The number of carbonyl (C=O) groups is 5. The van der Waals surface area contributed by atoms with Gasteiger partial charge in [0, 0.05) is 93.8 Å². The van der Waals surface area contributed by atoms with Gasteiger partial charge in [-0.1, -0.05) is 64.6 Å². The number of carbonyl (C=O) groups excluding carboxylic acids is 5. The molecule has 4 aliphatic rings. The van der Waals surface area contributed by atoms with Gasteiger partial charge in [-0.2, -0.15) is 0 Å². The zero-order valence-corrected chi connectivity index (χ0v) is 42.5. The Kier molecular flexibility index (Phi) is 15.0. The van der Waals surface area contributed by atoms with Gasteiger partial charge in [0.1, 0.15) is 18.1 Å². The molecule has 15 nitrogen and oxygen atoms in total. The van der Waals surface area contributed by atoms with Gasteiger partial charge in [0.25, 0.3) is 5.91 Å². The average Bonchev–Trinajstić information content (AvgIpc) is 3.96. The Hall–Kier alpha value is -5.90. The van der Waals surface area contributed by atoms with E-state index >= 15 is 0 Å². The molecule has 374 valence electrons. The molecule has 2 N–H and O–H groups in total. The van der Waals surface area contributed by atoms with E-state index in [2.05, 4.69) is 91.0 Å². The highest BCUT2D eigenvalue weighted by molar-refractivity contribution is 5.96. The molecule has 70 heavy (non-hydrogen) atoms. The molecule has 6 heterocycles. The summed E-state index contributed by atoms with van der Waals surface area (Å²) in [4.78, 5) is 80.2. The van der Waals surface area contributed by atoms with Gasteiger partial charge in [0.15, 0.2) is 0 Å². The summed E-state index contributed by atoms with van der Waals surface area (Å²) >= 11 is 0. The molecule has 0 aliphatic carbocycles. The van der Waals surface area contributed by atoms with Crippen LogP contribution in [0.1, 0.15) is 95.2 Å². The maximum Gasteiger partial charge on any atom is 0.324 e. The highest BCUT2D eigenvalue weighted by atomic mass is 16.5. The summed E-state index contributed by atoms with van der Waals surface area (Å²) in [7, 11) is 5.47. The second-order valence-corrected chi connectivity index (χ2v) is 21.1. The molecule has 0 radical (unpaired) electrons. The molecular weight excluding hydrogens is 885 g/mol. The summed E-state index contributed by atoms with van der Waals surface area (Å²) in [5.41, 5.74) is 11.8. The second-order valence-electron chi connectivity index (χ2n) is 21.1. The van der Waals surface area contributed by atoms with Crippen LogP contribution in [0.15, 0.2) is 67.4 Å². The van der Waals surface area contributed by atoms with Crippen molar-refractivity contribution in [2.24, 2.45) is 17.3 Å². The largest absolute Gasteiger partial charge is 0.464 e. The summed E-state index contributed by atoms with van der Waals surface area (Å²) in [5, 5.41) is 5.61. The number of likely N-dealkylation sites (tertiary alicyclic amines) is 2. The first-order chi connectivity index (χ1) is 33.4. The number of aromatic nitrogens is 2. The van der Waals surface area contributed by atoms with Crippen molar-refractivity contribution in [3.05, 3.63) is 89.8 Å². The third-order valence-electron chi connectivity index (χ3n) is 15.0. The number of ether oxygens (including phenoxy) is 2. The topological polar surface area (TPSA) is 159 Å². The van der Waals surface area contributed by atoms with E-state index < -0.39 is 47.2 Å². The minimum absolute atomic E-state index is 0.136. The van der Waals surface area contributed by atoms with Crippen molar-refractivity contribution in [3.63, 3.8) is 0 Å². The zero-order chi connectivity index (χ0) is 50.2. The quantitative estimate of drug-likeness (QED) is 0.129. The maximum atomic E-state index is 14.8. The maximum absolute atomic E-state index is 14.8. The number of pyridine rings is 1. The molecule has 4 aromatic rings. The number of methoxy groups -OCH3 is 1. The number of esters is 1. The third-order valence-corrected chi connectivity index (χ3v) is 15.0. The minimum Gasteiger partial charge on any atom is -0.464 e. The lowest BCUT2D eigenvalue weighted by Crippen LogP contribution is -2.62. The van der Waals surface area contributed by atoms with Gasteiger partial charge in [-0.3, -0.25) is 34.0 Å². The number of rotatable bonds is 11. The summed E-state index contributed by atoms with van der Waals surface area (Å²) < 4.78 is 14.6. The first-order valence-corrected chi connectivity index (χ1v) is 25.1. The first-order valence-electron chi connectivity index (χ1n) is 25.1. The molecule has 2 aromatic carbocycles. The van der Waals surface area contributed by atoms with Crippen LogP contribution >= 0.6 is 0 Å². The van der Waals surface area contributed by atoms with Gasteiger partial charge in [0.2, 0.25) is 17.7 Å². The molecule has 3 fully saturated rings. The summed E-state index contributed by atoms with van der Waals surface area (Å²) in [6, 6.07) is 14.3. The van der Waals surface area contributed by atoms with E-state index in [9.17, 15) is 24.0 Å². The van der Waals surface area contributed by atoms with Gasteiger partial charge >= 0.3 is 5.97 Å². The molecule has 8 rings (SSSR count). The number of nitrogens with one attached hydrogen (secondary N) is 2. The van der Waals surface area contributed by atoms with E-state index in [0.29, 0.717) is 51.2 Å². The minimum atomic E-state index is -1.05. The van der Waals surface area contributed by atoms with Crippen molar-refractivity contribution in [1.82, 2.24) is 40.0 Å². The van der Waals surface area contributed by atoms with Crippen LogP contribution in [0.2, 0.25) is 0 Å². The van der Waals surface area contributed by atoms with Gasteiger partial charge in [0.05, 0.1) is 30.0 Å². The molecule has 5 atom stereocenters. The molecular formula is C55H72N8O7. The van der Waals surface area contributed by atoms with Crippen molar-refractivity contribution in [2.45, 2.75) is 110 Å². The van der Waals surface area contributed by atoms with Gasteiger partial charge in [-0.25, -0.2) is 5.43 Å². The highest BCUT2D eigenvalue weighted by Gasteiger charge is 2.40. The van der Waals surface area contributed by atoms with Crippen LogP contribution in [0.25, 0.3) is 33.3 Å². The predicted molar refractivity (Wildman–Crippen MR) is 270 cm³/mol. The number of fused-ring (bicyclic) bond motifs is 6. The van der Waals surface area contributed by atoms with Crippen molar-refractivity contribution in [3.8, 4) is 22.4 Å². The lowest BCUT2D eigenvalue weighted by Gasteiger charge is -2.37.